The largest absolute Gasteiger partial charge is 0.462 e. The SMILES string of the molecule is CCOC(=O)c1ccc(N2C(=O)[C@H]3[C@@H](CC(N)=O)N[C@]4(C(=O)Nc5ccccc54)[C@H]3C2=O)cc1. The summed E-state index contributed by atoms with van der Waals surface area (Å²) in [7, 11) is 0. The summed E-state index contributed by atoms with van der Waals surface area (Å²) >= 11 is 0. The summed E-state index contributed by atoms with van der Waals surface area (Å²) in [5.41, 5.74) is 5.55. The van der Waals surface area contributed by atoms with Crippen molar-refractivity contribution in [1.29, 1.82) is 0 Å². The Bertz CT molecular complexity index is 1240. The van der Waals surface area contributed by atoms with Crippen molar-refractivity contribution in [2.24, 2.45) is 17.6 Å². The van der Waals surface area contributed by atoms with Gasteiger partial charge in [-0.25, -0.2) is 9.69 Å². The molecule has 1 spiro atoms. The Morgan fingerprint density at radius 1 is 1.06 bits per heavy atom. The molecule has 4 N–H and O–H groups in total. The predicted octanol–water partition coefficient (Wildman–Crippen LogP) is 0.664. The lowest BCUT2D eigenvalue weighted by atomic mass is 9.76. The second-order valence-corrected chi connectivity index (χ2v) is 8.51. The topological polar surface area (TPSA) is 148 Å². The standard InChI is InChI=1S/C24H22N4O6/c1-2-34-22(32)12-7-9-13(10-8-12)28-20(30)18-16(11-17(25)29)27-24(19(18)21(28)31)14-5-3-4-6-15(14)26-23(24)33/h3-10,16,18-19,27H,2,11H2,1H3,(H2,25,29)(H,26,33)/t16-,18+,19-,24+/m1/s1. The van der Waals surface area contributed by atoms with Gasteiger partial charge in [0.05, 0.1) is 29.7 Å². The van der Waals surface area contributed by atoms with Crippen LogP contribution in [0.1, 0.15) is 29.3 Å². The Kier molecular flexibility index (Phi) is 4.98. The molecule has 0 unspecified atom stereocenters. The smallest absolute Gasteiger partial charge is 0.338 e. The van der Waals surface area contributed by atoms with E-state index in [2.05, 4.69) is 10.6 Å². The highest BCUT2D eigenvalue weighted by atomic mass is 16.5. The van der Waals surface area contributed by atoms with Gasteiger partial charge in [0.1, 0.15) is 5.54 Å². The molecule has 4 atom stereocenters. The van der Waals surface area contributed by atoms with Gasteiger partial charge in [-0.15, -0.1) is 0 Å². The number of fused-ring (bicyclic) bond motifs is 4. The van der Waals surface area contributed by atoms with Gasteiger partial charge in [-0.2, -0.15) is 0 Å². The van der Waals surface area contributed by atoms with Crippen LogP contribution < -0.4 is 21.3 Å². The van der Waals surface area contributed by atoms with Gasteiger partial charge in [-0.1, -0.05) is 18.2 Å². The number of rotatable bonds is 5. The van der Waals surface area contributed by atoms with Gasteiger partial charge >= 0.3 is 5.97 Å². The van der Waals surface area contributed by atoms with Crippen LogP contribution in [0.2, 0.25) is 0 Å². The minimum atomic E-state index is -1.51. The molecular weight excluding hydrogens is 440 g/mol. The number of hydrogen-bond acceptors (Lipinski definition) is 7. The number of para-hydroxylation sites is 1. The van der Waals surface area contributed by atoms with Gasteiger partial charge in [-0.3, -0.25) is 24.5 Å². The second-order valence-electron chi connectivity index (χ2n) is 8.51. The fourth-order valence-corrected chi connectivity index (χ4v) is 5.37. The average molecular weight is 462 g/mol. The molecule has 2 aromatic carbocycles. The third-order valence-corrected chi connectivity index (χ3v) is 6.68. The Labute approximate surface area is 194 Å². The number of anilines is 2. The maximum Gasteiger partial charge on any atom is 0.338 e. The molecule has 0 aromatic heterocycles. The summed E-state index contributed by atoms with van der Waals surface area (Å²) in [6.45, 7) is 1.91. The fraction of sp³-hybridized carbons (Fsp3) is 0.292. The highest BCUT2D eigenvalue weighted by molar-refractivity contribution is 6.26. The lowest BCUT2D eigenvalue weighted by Gasteiger charge is -2.29. The number of carbonyl (C=O) groups excluding carboxylic acids is 5. The molecule has 174 valence electrons. The monoisotopic (exact) mass is 462 g/mol. The van der Waals surface area contributed by atoms with Crippen LogP contribution in [0.4, 0.5) is 11.4 Å². The summed E-state index contributed by atoms with van der Waals surface area (Å²) in [5, 5.41) is 5.92. The van der Waals surface area contributed by atoms with Gasteiger partial charge in [0.2, 0.25) is 23.6 Å². The molecule has 3 heterocycles. The molecule has 4 amide bonds. The number of esters is 1. The third kappa shape index (κ3) is 2.95. The van der Waals surface area contributed by atoms with Gasteiger partial charge < -0.3 is 15.8 Å². The zero-order valence-electron chi connectivity index (χ0n) is 18.2. The van der Waals surface area contributed by atoms with Gasteiger partial charge in [0.25, 0.3) is 0 Å². The summed E-state index contributed by atoms with van der Waals surface area (Å²) < 4.78 is 4.97. The van der Waals surface area contributed by atoms with E-state index in [4.69, 9.17) is 10.5 Å². The van der Waals surface area contributed by atoms with E-state index in [0.717, 1.165) is 4.90 Å². The van der Waals surface area contributed by atoms with E-state index in [-0.39, 0.29) is 24.3 Å². The fourth-order valence-electron chi connectivity index (χ4n) is 5.37. The van der Waals surface area contributed by atoms with E-state index in [9.17, 15) is 24.0 Å². The molecule has 10 heteroatoms. The molecule has 34 heavy (non-hydrogen) atoms. The van der Waals surface area contributed by atoms with Crippen LogP contribution in [-0.4, -0.2) is 42.2 Å². The number of nitrogens with one attached hydrogen (secondary N) is 2. The number of amides is 4. The third-order valence-electron chi connectivity index (χ3n) is 6.68. The molecule has 0 aliphatic carbocycles. The first kappa shape index (κ1) is 21.8. The Hall–Kier alpha value is -4.05. The number of benzene rings is 2. The lowest BCUT2D eigenvalue weighted by molar-refractivity contribution is -0.130. The Morgan fingerprint density at radius 2 is 1.76 bits per heavy atom. The van der Waals surface area contributed by atoms with Crippen molar-refractivity contribution in [3.63, 3.8) is 0 Å². The first-order valence-corrected chi connectivity index (χ1v) is 10.9. The van der Waals surface area contributed by atoms with Crippen molar-refractivity contribution in [3.05, 3.63) is 59.7 Å². The maximum absolute atomic E-state index is 13.7. The van der Waals surface area contributed by atoms with Crippen molar-refractivity contribution in [1.82, 2.24) is 5.32 Å². The van der Waals surface area contributed by atoms with Crippen LogP contribution in [0.5, 0.6) is 0 Å². The summed E-state index contributed by atoms with van der Waals surface area (Å²) in [6.07, 6.45) is -0.215. The van der Waals surface area contributed by atoms with Crippen LogP contribution in [-0.2, 0) is 29.5 Å². The van der Waals surface area contributed by atoms with E-state index >= 15 is 0 Å². The van der Waals surface area contributed by atoms with Crippen LogP contribution in [0.15, 0.2) is 48.5 Å². The van der Waals surface area contributed by atoms with E-state index < -0.39 is 53.0 Å². The van der Waals surface area contributed by atoms with Crippen molar-refractivity contribution in [2.45, 2.75) is 24.9 Å². The lowest BCUT2D eigenvalue weighted by Crippen LogP contribution is -2.53. The Balaban J connectivity index is 1.58. The van der Waals surface area contributed by atoms with Crippen LogP contribution in [0.25, 0.3) is 0 Å². The average Bonchev–Trinajstić information content (AvgIpc) is 3.38. The number of ether oxygens (including phenoxy) is 1. The van der Waals surface area contributed by atoms with E-state index in [1.54, 1.807) is 31.2 Å². The molecule has 3 aliphatic heterocycles. The van der Waals surface area contributed by atoms with Gasteiger partial charge in [-0.05, 0) is 37.3 Å². The first-order chi connectivity index (χ1) is 16.3. The van der Waals surface area contributed by atoms with Crippen molar-refractivity contribution in [2.75, 3.05) is 16.8 Å². The first-order valence-electron chi connectivity index (χ1n) is 10.9. The summed E-state index contributed by atoms with van der Waals surface area (Å²) in [5.74, 6) is -4.78. The van der Waals surface area contributed by atoms with E-state index in [1.807, 2.05) is 0 Å². The number of imide groups is 1. The van der Waals surface area contributed by atoms with Crippen LogP contribution in [0, 0.1) is 11.8 Å². The number of carbonyl (C=O) groups is 5. The normalized spacial score (nSPS) is 27.0. The Morgan fingerprint density at radius 3 is 2.44 bits per heavy atom. The quantitative estimate of drug-likeness (QED) is 0.437. The second kappa shape index (κ2) is 7.77. The molecule has 2 saturated heterocycles. The van der Waals surface area contributed by atoms with E-state index in [1.165, 1.54) is 24.3 Å². The zero-order chi connectivity index (χ0) is 24.2. The number of hydrogen-bond donors (Lipinski definition) is 3. The predicted molar refractivity (Wildman–Crippen MR) is 119 cm³/mol. The summed E-state index contributed by atoms with van der Waals surface area (Å²) in [4.78, 5) is 65.4. The molecule has 0 saturated carbocycles. The number of primary amides is 1. The van der Waals surface area contributed by atoms with E-state index in [0.29, 0.717) is 11.3 Å². The molecule has 0 bridgehead atoms. The maximum atomic E-state index is 13.7. The van der Waals surface area contributed by atoms with Crippen molar-refractivity contribution in [3.8, 4) is 0 Å². The molecule has 2 fully saturated rings. The van der Waals surface area contributed by atoms with Gasteiger partial charge in [0, 0.05) is 23.7 Å². The highest BCUT2D eigenvalue weighted by Gasteiger charge is 2.70. The molecule has 0 radical (unpaired) electrons. The minimum Gasteiger partial charge on any atom is -0.462 e. The van der Waals surface area contributed by atoms with Gasteiger partial charge in [0.15, 0.2) is 0 Å². The molecule has 5 rings (SSSR count). The van der Waals surface area contributed by atoms with Crippen LogP contribution in [0.3, 0.4) is 0 Å². The number of nitrogens with zero attached hydrogens (tertiary/aromatic N) is 1. The molecular formula is C24H22N4O6. The highest BCUT2D eigenvalue weighted by Crippen LogP contribution is 2.53. The molecule has 2 aromatic rings. The molecule has 3 aliphatic rings. The minimum absolute atomic E-state index is 0.215. The van der Waals surface area contributed by atoms with Crippen LogP contribution >= 0.6 is 0 Å². The summed E-state index contributed by atoms with van der Waals surface area (Å²) in [6, 6.07) is 12.0. The number of nitrogens with two attached hydrogens (primary N) is 1. The molecule has 10 nitrogen and oxygen atoms in total. The van der Waals surface area contributed by atoms with Crippen molar-refractivity contribution < 1.29 is 28.7 Å². The van der Waals surface area contributed by atoms with Crippen molar-refractivity contribution >= 4 is 41.0 Å². The zero-order valence-corrected chi connectivity index (χ0v) is 18.2.